The molecule has 0 bridgehead atoms. The largest absolute Gasteiger partial charge is 0.378 e. The summed E-state index contributed by atoms with van der Waals surface area (Å²) >= 11 is 8.16. The van der Waals surface area contributed by atoms with Gasteiger partial charge in [0, 0.05) is 30.9 Å². The molecule has 1 aromatic heterocycles. The van der Waals surface area contributed by atoms with Gasteiger partial charge < -0.3 is 9.64 Å². The van der Waals surface area contributed by atoms with Crippen molar-refractivity contribution >= 4 is 57.5 Å². The highest BCUT2D eigenvalue weighted by Crippen LogP contribution is 2.33. The molecule has 2 saturated heterocycles. The molecule has 122 valence electrons. The van der Waals surface area contributed by atoms with E-state index in [2.05, 4.69) is 0 Å². The molecular formula is C15H16N2O3S3. The molecule has 0 saturated carbocycles. The quantitative estimate of drug-likeness (QED) is 0.602. The predicted molar refractivity (Wildman–Crippen MR) is 96.2 cm³/mol. The molecule has 0 atom stereocenters. The summed E-state index contributed by atoms with van der Waals surface area (Å²) in [6, 6.07) is 3.90. The zero-order valence-corrected chi connectivity index (χ0v) is 14.8. The topological polar surface area (TPSA) is 49.9 Å². The van der Waals surface area contributed by atoms with E-state index >= 15 is 0 Å². The molecule has 0 N–H and O–H groups in total. The lowest BCUT2D eigenvalue weighted by molar-refractivity contribution is -0.135. The lowest BCUT2D eigenvalue weighted by Gasteiger charge is -2.27. The van der Waals surface area contributed by atoms with Crippen molar-refractivity contribution in [1.82, 2.24) is 9.80 Å². The highest BCUT2D eigenvalue weighted by molar-refractivity contribution is 8.26. The fourth-order valence-electron chi connectivity index (χ4n) is 2.37. The fraction of sp³-hybridized carbons (Fsp3) is 0.400. The Labute approximate surface area is 148 Å². The van der Waals surface area contributed by atoms with Gasteiger partial charge in [-0.3, -0.25) is 14.5 Å². The molecule has 2 aliphatic heterocycles. The maximum atomic E-state index is 12.4. The lowest BCUT2D eigenvalue weighted by atomic mass is 10.3. The minimum Gasteiger partial charge on any atom is -0.378 e. The first-order valence-corrected chi connectivity index (χ1v) is 9.40. The lowest BCUT2D eigenvalue weighted by Crippen LogP contribution is -2.42. The molecule has 8 heteroatoms. The molecule has 0 unspecified atom stereocenters. The molecule has 5 nitrogen and oxygen atoms in total. The van der Waals surface area contributed by atoms with E-state index in [0.29, 0.717) is 48.5 Å². The molecule has 2 aliphatic rings. The van der Waals surface area contributed by atoms with Crippen molar-refractivity contribution in [2.24, 2.45) is 0 Å². The zero-order chi connectivity index (χ0) is 16.2. The van der Waals surface area contributed by atoms with E-state index in [9.17, 15) is 9.59 Å². The van der Waals surface area contributed by atoms with E-state index in [1.807, 2.05) is 23.6 Å². The number of carbonyl (C=O) groups is 2. The van der Waals surface area contributed by atoms with Crippen molar-refractivity contribution in [2.45, 2.75) is 6.42 Å². The van der Waals surface area contributed by atoms with Crippen LogP contribution in [0, 0.1) is 0 Å². The number of thiocarbonyl (C=S) groups is 1. The predicted octanol–water partition coefficient (Wildman–Crippen LogP) is 2.20. The highest BCUT2D eigenvalue weighted by Gasteiger charge is 2.32. The van der Waals surface area contributed by atoms with Crippen molar-refractivity contribution in [3.63, 3.8) is 0 Å². The molecule has 2 amide bonds. The minimum absolute atomic E-state index is 0.0459. The highest BCUT2D eigenvalue weighted by atomic mass is 32.2. The number of hydrogen-bond acceptors (Lipinski definition) is 6. The molecule has 23 heavy (non-hydrogen) atoms. The number of thioether (sulfide) groups is 1. The van der Waals surface area contributed by atoms with E-state index in [-0.39, 0.29) is 11.8 Å². The van der Waals surface area contributed by atoms with Crippen LogP contribution in [0.15, 0.2) is 22.4 Å². The van der Waals surface area contributed by atoms with Crippen LogP contribution in [0.25, 0.3) is 6.08 Å². The third kappa shape index (κ3) is 4.00. The van der Waals surface area contributed by atoms with Gasteiger partial charge in [-0.25, -0.2) is 0 Å². The van der Waals surface area contributed by atoms with Gasteiger partial charge in [0.2, 0.25) is 5.91 Å². The van der Waals surface area contributed by atoms with Gasteiger partial charge in [0.15, 0.2) is 0 Å². The molecule has 2 fully saturated rings. The van der Waals surface area contributed by atoms with Crippen LogP contribution >= 0.6 is 35.3 Å². The Kier molecular flexibility index (Phi) is 5.47. The SMILES string of the molecule is O=C(CCN1C(=O)/C(=C/c2cccs2)SC1=S)N1CCOCC1. The van der Waals surface area contributed by atoms with Gasteiger partial charge in [-0.1, -0.05) is 30.0 Å². The van der Waals surface area contributed by atoms with E-state index in [1.54, 1.807) is 16.2 Å². The van der Waals surface area contributed by atoms with E-state index < -0.39 is 0 Å². The molecule has 0 spiro atoms. The Balaban J connectivity index is 1.58. The number of nitrogens with zero attached hydrogens (tertiary/aromatic N) is 2. The molecule has 1 aromatic rings. The summed E-state index contributed by atoms with van der Waals surface area (Å²) in [6.45, 7) is 2.74. The molecule has 3 rings (SSSR count). The van der Waals surface area contributed by atoms with Gasteiger partial charge in [0.05, 0.1) is 18.1 Å². The van der Waals surface area contributed by atoms with Crippen LogP contribution in [0.4, 0.5) is 0 Å². The van der Waals surface area contributed by atoms with Crippen LogP contribution in [-0.2, 0) is 14.3 Å². The van der Waals surface area contributed by atoms with Gasteiger partial charge in [-0.15, -0.1) is 11.3 Å². The van der Waals surface area contributed by atoms with Crippen LogP contribution in [0.2, 0.25) is 0 Å². The maximum Gasteiger partial charge on any atom is 0.266 e. The van der Waals surface area contributed by atoms with Crippen LogP contribution in [0.3, 0.4) is 0 Å². The van der Waals surface area contributed by atoms with Crippen molar-refractivity contribution in [2.75, 3.05) is 32.8 Å². The average Bonchev–Trinajstić information content (AvgIpc) is 3.16. The summed E-state index contributed by atoms with van der Waals surface area (Å²) in [5.41, 5.74) is 0. The minimum atomic E-state index is -0.108. The van der Waals surface area contributed by atoms with Crippen LogP contribution in [0.1, 0.15) is 11.3 Å². The normalized spacial score (nSPS) is 20.6. The van der Waals surface area contributed by atoms with Gasteiger partial charge in [-0.2, -0.15) is 0 Å². The summed E-state index contributed by atoms with van der Waals surface area (Å²) in [4.78, 5) is 29.6. The second kappa shape index (κ2) is 7.57. The summed E-state index contributed by atoms with van der Waals surface area (Å²) in [5.74, 6) is -0.0623. The average molecular weight is 369 g/mol. The molecule has 0 radical (unpaired) electrons. The van der Waals surface area contributed by atoms with Gasteiger partial charge in [0.25, 0.3) is 5.91 Å². The van der Waals surface area contributed by atoms with Gasteiger partial charge >= 0.3 is 0 Å². The third-order valence-electron chi connectivity index (χ3n) is 3.60. The summed E-state index contributed by atoms with van der Waals surface area (Å²) < 4.78 is 5.76. The molecule has 3 heterocycles. The Morgan fingerprint density at radius 3 is 2.87 bits per heavy atom. The molecule has 0 aliphatic carbocycles. The van der Waals surface area contributed by atoms with Crippen LogP contribution in [0.5, 0.6) is 0 Å². The standard InChI is InChI=1S/C15H16N2O3S3/c18-13(16-5-7-20-8-6-16)3-4-17-14(19)12(23-15(17)21)10-11-2-1-9-22-11/h1-2,9-10H,3-8H2/b12-10-. The van der Waals surface area contributed by atoms with E-state index in [1.165, 1.54) is 16.7 Å². The van der Waals surface area contributed by atoms with Gasteiger partial charge in [0.1, 0.15) is 4.32 Å². The van der Waals surface area contributed by atoms with Crippen LogP contribution < -0.4 is 0 Å². The van der Waals surface area contributed by atoms with E-state index in [4.69, 9.17) is 17.0 Å². The summed E-state index contributed by atoms with van der Waals surface area (Å²) in [5, 5.41) is 1.97. The smallest absolute Gasteiger partial charge is 0.266 e. The summed E-state index contributed by atoms with van der Waals surface area (Å²) in [6.07, 6.45) is 2.15. The number of hydrogen-bond donors (Lipinski definition) is 0. The van der Waals surface area contributed by atoms with Gasteiger partial charge in [-0.05, 0) is 17.5 Å². The number of morpholine rings is 1. The van der Waals surface area contributed by atoms with E-state index in [0.717, 1.165) is 4.88 Å². The van der Waals surface area contributed by atoms with Crippen molar-refractivity contribution in [3.05, 3.63) is 27.3 Å². The second-order valence-corrected chi connectivity index (χ2v) is 7.75. The Hall–Kier alpha value is -1.22. The number of ether oxygens (including phenoxy) is 1. The number of thiophene rings is 1. The maximum absolute atomic E-state index is 12.4. The molecule has 0 aromatic carbocycles. The zero-order valence-electron chi connectivity index (χ0n) is 12.4. The second-order valence-electron chi connectivity index (χ2n) is 5.09. The number of carbonyl (C=O) groups excluding carboxylic acids is 2. The van der Waals surface area contributed by atoms with Crippen molar-refractivity contribution in [3.8, 4) is 0 Å². The number of rotatable bonds is 4. The van der Waals surface area contributed by atoms with Crippen molar-refractivity contribution in [1.29, 1.82) is 0 Å². The molecular weight excluding hydrogens is 352 g/mol. The first-order chi connectivity index (χ1) is 11.1. The first kappa shape index (κ1) is 16.6. The van der Waals surface area contributed by atoms with Crippen LogP contribution in [-0.4, -0.2) is 58.8 Å². The monoisotopic (exact) mass is 368 g/mol. The van der Waals surface area contributed by atoms with Crippen molar-refractivity contribution < 1.29 is 14.3 Å². The fourth-order valence-corrected chi connectivity index (χ4v) is 4.41. The Morgan fingerprint density at radius 2 is 2.17 bits per heavy atom. The third-order valence-corrected chi connectivity index (χ3v) is 5.80. The number of amides is 2. The Bertz CT molecular complexity index is 636. The summed E-state index contributed by atoms with van der Waals surface area (Å²) in [7, 11) is 0. The first-order valence-electron chi connectivity index (χ1n) is 7.29. The Morgan fingerprint density at radius 1 is 1.39 bits per heavy atom.